The third-order valence-corrected chi connectivity index (χ3v) is 5.39. The maximum absolute atomic E-state index is 13.2. The van der Waals surface area contributed by atoms with Crippen molar-refractivity contribution in [1.82, 2.24) is 0 Å². The van der Waals surface area contributed by atoms with Gasteiger partial charge in [-0.1, -0.05) is 42.0 Å². The zero-order valence-corrected chi connectivity index (χ0v) is 17.5. The first kappa shape index (κ1) is 19.8. The molecule has 160 valence electrons. The molecule has 0 aromatic heterocycles. The van der Waals surface area contributed by atoms with Gasteiger partial charge in [-0.05, 0) is 36.8 Å². The number of hydrogen-bond acceptors (Lipinski definition) is 5. The smallest absolute Gasteiger partial charge is 0.244 e. The standard InChI is InChI=1S/C25H21N3O4/c1-16-6-8-17(9-7-16)20-13-25(30)28(21-5-3-2-4-19(21)27-20)14-24(29)26-18-10-11-22-23(12-18)32-15-31-22/h2-12H,13-15H2,1H3,(H,26,29). The van der Waals surface area contributed by atoms with Crippen molar-refractivity contribution in [2.24, 2.45) is 4.99 Å². The molecule has 1 N–H and O–H groups in total. The van der Waals surface area contributed by atoms with E-state index in [1.165, 1.54) is 4.90 Å². The van der Waals surface area contributed by atoms with E-state index >= 15 is 0 Å². The van der Waals surface area contributed by atoms with Crippen LogP contribution in [0.4, 0.5) is 17.1 Å². The number of hydrogen-bond donors (Lipinski definition) is 1. The van der Waals surface area contributed by atoms with Crippen LogP contribution in [0.25, 0.3) is 0 Å². The van der Waals surface area contributed by atoms with Crippen LogP contribution in [0.5, 0.6) is 11.5 Å². The van der Waals surface area contributed by atoms with E-state index in [4.69, 9.17) is 14.5 Å². The van der Waals surface area contributed by atoms with Crippen LogP contribution in [0, 0.1) is 6.92 Å². The van der Waals surface area contributed by atoms with Gasteiger partial charge in [0.05, 0.1) is 23.5 Å². The Balaban J connectivity index is 1.38. The fourth-order valence-corrected chi connectivity index (χ4v) is 3.75. The molecule has 7 nitrogen and oxygen atoms in total. The molecule has 2 aliphatic heterocycles. The van der Waals surface area contributed by atoms with Crippen molar-refractivity contribution in [3.63, 3.8) is 0 Å². The number of para-hydroxylation sites is 2. The molecule has 32 heavy (non-hydrogen) atoms. The van der Waals surface area contributed by atoms with E-state index in [9.17, 15) is 9.59 Å². The van der Waals surface area contributed by atoms with Crippen molar-refractivity contribution < 1.29 is 19.1 Å². The Bertz CT molecular complexity index is 1230. The highest BCUT2D eigenvalue weighted by atomic mass is 16.7. The third-order valence-electron chi connectivity index (χ3n) is 5.39. The van der Waals surface area contributed by atoms with Crippen LogP contribution in [0.1, 0.15) is 17.5 Å². The highest BCUT2D eigenvalue weighted by Crippen LogP contribution is 2.35. The summed E-state index contributed by atoms with van der Waals surface area (Å²) in [6, 6.07) is 20.5. The number of rotatable bonds is 4. The number of nitrogens with one attached hydrogen (secondary N) is 1. The Labute approximate surface area is 185 Å². The quantitative estimate of drug-likeness (QED) is 0.676. The van der Waals surface area contributed by atoms with E-state index in [0.717, 1.165) is 11.1 Å². The Hall–Kier alpha value is -4.13. The number of ether oxygens (including phenoxy) is 2. The van der Waals surface area contributed by atoms with Crippen LogP contribution in [-0.4, -0.2) is 30.9 Å². The minimum absolute atomic E-state index is 0.106. The molecule has 7 heteroatoms. The van der Waals surface area contributed by atoms with Gasteiger partial charge in [0.1, 0.15) is 6.54 Å². The zero-order valence-electron chi connectivity index (χ0n) is 17.5. The molecule has 0 unspecified atom stereocenters. The SMILES string of the molecule is Cc1ccc(C2=Nc3ccccc3N(CC(=O)Nc3ccc4c(c3)OCO4)C(=O)C2)cc1. The van der Waals surface area contributed by atoms with E-state index in [-0.39, 0.29) is 31.6 Å². The van der Waals surface area contributed by atoms with Crippen LogP contribution >= 0.6 is 0 Å². The molecule has 5 rings (SSSR count). The largest absolute Gasteiger partial charge is 0.454 e. The van der Waals surface area contributed by atoms with Gasteiger partial charge in [-0.2, -0.15) is 0 Å². The molecule has 0 spiro atoms. The summed E-state index contributed by atoms with van der Waals surface area (Å²) < 4.78 is 10.7. The Morgan fingerprint density at radius 1 is 1.03 bits per heavy atom. The fourth-order valence-electron chi connectivity index (χ4n) is 3.75. The average molecular weight is 427 g/mol. The highest BCUT2D eigenvalue weighted by molar-refractivity contribution is 6.19. The number of fused-ring (bicyclic) bond motifs is 2. The van der Waals surface area contributed by atoms with Crippen LogP contribution < -0.4 is 19.7 Å². The zero-order chi connectivity index (χ0) is 22.1. The van der Waals surface area contributed by atoms with Crippen LogP contribution in [0.3, 0.4) is 0 Å². The maximum atomic E-state index is 13.2. The second-order valence-electron chi connectivity index (χ2n) is 7.69. The lowest BCUT2D eigenvalue weighted by molar-refractivity contribution is -0.120. The summed E-state index contributed by atoms with van der Waals surface area (Å²) in [4.78, 5) is 32.3. The third kappa shape index (κ3) is 3.92. The number of carbonyl (C=O) groups is 2. The predicted molar refractivity (Wildman–Crippen MR) is 122 cm³/mol. The Morgan fingerprint density at radius 2 is 1.81 bits per heavy atom. The predicted octanol–water partition coefficient (Wildman–Crippen LogP) is 4.22. The number of carbonyl (C=O) groups excluding carboxylic acids is 2. The van der Waals surface area contributed by atoms with Gasteiger partial charge < -0.3 is 19.7 Å². The number of nitrogens with zero attached hydrogens (tertiary/aromatic N) is 2. The van der Waals surface area contributed by atoms with Gasteiger partial charge in [0, 0.05) is 11.8 Å². The van der Waals surface area contributed by atoms with Crippen molar-refractivity contribution in [3.05, 3.63) is 77.9 Å². The molecular formula is C25H21N3O4. The van der Waals surface area contributed by atoms with Crippen molar-refractivity contribution in [3.8, 4) is 11.5 Å². The summed E-state index contributed by atoms with van der Waals surface area (Å²) >= 11 is 0. The van der Waals surface area contributed by atoms with Gasteiger partial charge in [-0.15, -0.1) is 0 Å². The molecule has 0 aliphatic carbocycles. The van der Waals surface area contributed by atoms with Gasteiger partial charge in [-0.25, -0.2) is 0 Å². The van der Waals surface area contributed by atoms with Gasteiger partial charge in [0.2, 0.25) is 18.6 Å². The number of anilines is 2. The number of benzene rings is 3. The average Bonchev–Trinajstić information content (AvgIpc) is 3.20. The summed E-state index contributed by atoms with van der Waals surface area (Å²) in [6.07, 6.45) is 0.106. The first-order valence-electron chi connectivity index (χ1n) is 10.3. The van der Waals surface area contributed by atoms with Crippen molar-refractivity contribution in [1.29, 1.82) is 0 Å². The topological polar surface area (TPSA) is 80.2 Å². The molecule has 2 amide bonds. The highest BCUT2D eigenvalue weighted by Gasteiger charge is 2.27. The van der Waals surface area contributed by atoms with Crippen LogP contribution in [0.15, 0.2) is 71.7 Å². The summed E-state index contributed by atoms with van der Waals surface area (Å²) in [5, 5.41) is 2.83. The first-order chi connectivity index (χ1) is 15.6. The van der Waals surface area contributed by atoms with Crippen LogP contribution in [0.2, 0.25) is 0 Å². The van der Waals surface area contributed by atoms with Gasteiger partial charge in [0.25, 0.3) is 0 Å². The molecule has 0 bridgehead atoms. The number of aliphatic imine (C=N–C) groups is 1. The van der Waals surface area contributed by atoms with E-state index in [0.29, 0.717) is 34.3 Å². The van der Waals surface area contributed by atoms with Crippen molar-refractivity contribution in [2.75, 3.05) is 23.6 Å². The lowest BCUT2D eigenvalue weighted by atomic mass is 10.1. The molecule has 0 fully saturated rings. The minimum atomic E-state index is -0.314. The summed E-state index contributed by atoms with van der Waals surface area (Å²) in [6.45, 7) is 2.05. The van der Waals surface area contributed by atoms with E-state index in [1.807, 2.05) is 55.5 Å². The van der Waals surface area contributed by atoms with E-state index < -0.39 is 0 Å². The van der Waals surface area contributed by atoms with E-state index in [1.54, 1.807) is 18.2 Å². The summed E-state index contributed by atoms with van der Waals surface area (Å²) in [7, 11) is 0. The van der Waals surface area contributed by atoms with Gasteiger partial charge >= 0.3 is 0 Å². The monoisotopic (exact) mass is 427 g/mol. The van der Waals surface area contributed by atoms with Crippen molar-refractivity contribution >= 4 is 34.6 Å². The summed E-state index contributed by atoms with van der Waals surface area (Å²) in [5.74, 6) is 0.719. The van der Waals surface area contributed by atoms with Crippen molar-refractivity contribution in [2.45, 2.75) is 13.3 Å². The second kappa shape index (κ2) is 8.19. The first-order valence-corrected chi connectivity index (χ1v) is 10.3. The molecule has 0 atom stereocenters. The number of amides is 2. The summed E-state index contributed by atoms with van der Waals surface area (Å²) in [5.41, 5.74) is 4.56. The van der Waals surface area contributed by atoms with E-state index in [2.05, 4.69) is 5.32 Å². The fraction of sp³-hybridized carbons (Fsp3) is 0.160. The molecule has 2 aliphatic rings. The lowest BCUT2D eigenvalue weighted by Crippen LogP contribution is -2.38. The second-order valence-corrected chi connectivity index (χ2v) is 7.69. The van der Waals surface area contributed by atoms with Gasteiger partial charge in [0.15, 0.2) is 11.5 Å². The minimum Gasteiger partial charge on any atom is -0.454 e. The molecule has 0 saturated heterocycles. The van der Waals surface area contributed by atoms with Gasteiger partial charge in [-0.3, -0.25) is 14.6 Å². The van der Waals surface area contributed by atoms with Crippen LogP contribution in [-0.2, 0) is 9.59 Å². The normalized spacial score (nSPS) is 14.5. The molecular weight excluding hydrogens is 406 g/mol. The lowest BCUT2D eigenvalue weighted by Gasteiger charge is -2.22. The molecule has 0 radical (unpaired) electrons. The molecule has 3 aromatic carbocycles. The molecule has 2 heterocycles. The molecule has 3 aromatic rings. The maximum Gasteiger partial charge on any atom is 0.244 e. The molecule has 0 saturated carbocycles. The Kier molecular flexibility index (Phi) is 5.07. The Morgan fingerprint density at radius 3 is 2.66 bits per heavy atom. The number of aryl methyl sites for hydroxylation is 1.